The molecule has 1 nitrogen and oxygen atoms in total. The molecule has 0 unspecified atom stereocenters. The second-order valence-electron chi connectivity index (χ2n) is 6.39. The summed E-state index contributed by atoms with van der Waals surface area (Å²) in [5, 5.41) is 6.47. The van der Waals surface area contributed by atoms with Crippen LogP contribution < -0.4 is 15.9 Å². The fourth-order valence-corrected chi connectivity index (χ4v) is 9.63. The molecule has 3 aromatic rings. The topological polar surface area (TPSA) is 3.24 Å². The molecule has 0 N–H and O–H groups in total. The largest absolute Gasteiger partial charge is 0.358 e. The van der Waals surface area contributed by atoms with Crippen LogP contribution in [0.3, 0.4) is 0 Å². The fraction of sp³-hybridized carbons (Fsp3) is 0.167. The van der Waals surface area contributed by atoms with Gasteiger partial charge in [0.1, 0.15) is 4.32 Å². The molecule has 28 heavy (non-hydrogen) atoms. The first-order chi connectivity index (χ1) is 13.7. The number of benzene rings is 3. The lowest BCUT2D eigenvalue weighted by Crippen LogP contribution is -2.29. The van der Waals surface area contributed by atoms with Crippen molar-refractivity contribution < 1.29 is 0 Å². The summed E-state index contributed by atoms with van der Waals surface area (Å²) in [5.41, 5.74) is 0. The maximum Gasteiger partial charge on any atom is 0.140 e. The van der Waals surface area contributed by atoms with E-state index in [1.807, 2.05) is 0 Å². The van der Waals surface area contributed by atoms with Gasteiger partial charge in [-0.25, -0.2) is 0 Å². The molecule has 4 heteroatoms. The Kier molecular flexibility index (Phi) is 7.56. The average molecular weight is 424 g/mol. The van der Waals surface area contributed by atoms with E-state index in [1.54, 1.807) is 11.8 Å². The average Bonchev–Trinajstić information content (AvgIpc) is 2.77. The monoisotopic (exact) mass is 423 g/mol. The number of hydrogen-bond acceptors (Lipinski definition) is 2. The molecule has 0 aliphatic carbocycles. The smallest absolute Gasteiger partial charge is 0.140 e. The van der Waals surface area contributed by atoms with Gasteiger partial charge in [0.15, 0.2) is 0 Å². The Labute approximate surface area is 178 Å². The van der Waals surface area contributed by atoms with Gasteiger partial charge in [0.2, 0.25) is 0 Å². The molecule has 0 saturated heterocycles. The Bertz CT molecular complexity index is 833. The Morgan fingerprint density at radius 1 is 0.750 bits per heavy atom. The van der Waals surface area contributed by atoms with E-state index in [0.29, 0.717) is 0 Å². The molecule has 0 aromatic heterocycles. The van der Waals surface area contributed by atoms with Gasteiger partial charge < -0.3 is 4.90 Å². The highest BCUT2D eigenvalue weighted by molar-refractivity contribution is 8.37. The Balaban J connectivity index is 2.25. The second kappa shape index (κ2) is 10.1. The van der Waals surface area contributed by atoms with Crippen LogP contribution >= 0.6 is 30.9 Å². The molecule has 0 amide bonds. The van der Waals surface area contributed by atoms with Crippen LogP contribution in [0, 0.1) is 0 Å². The molecular formula is C24H26NPS2. The molecule has 0 aliphatic heterocycles. The summed E-state index contributed by atoms with van der Waals surface area (Å²) in [6.07, 6.45) is 0. The van der Waals surface area contributed by atoms with Gasteiger partial charge in [0.25, 0.3) is 0 Å². The number of thiocarbonyl (C=S) groups is 1. The van der Waals surface area contributed by atoms with Crippen molar-refractivity contribution in [2.45, 2.75) is 13.8 Å². The van der Waals surface area contributed by atoms with Crippen LogP contribution in [0.5, 0.6) is 0 Å². The first-order valence-corrected chi connectivity index (χ1v) is 12.7. The molecule has 144 valence electrons. The van der Waals surface area contributed by atoms with E-state index in [-0.39, 0.29) is 0 Å². The van der Waals surface area contributed by atoms with Crippen molar-refractivity contribution >= 4 is 56.2 Å². The van der Waals surface area contributed by atoms with Crippen LogP contribution in [0.15, 0.2) is 91.0 Å². The SMILES string of the molecule is CCN(CC)C(=S)SC=P(c1ccccc1)(c1ccccc1)c1ccccc1. The summed E-state index contributed by atoms with van der Waals surface area (Å²) < 4.78 is 0.942. The highest BCUT2D eigenvalue weighted by atomic mass is 32.2. The van der Waals surface area contributed by atoms with Crippen LogP contribution in [0.4, 0.5) is 0 Å². The van der Waals surface area contributed by atoms with Gasteiger partial charge in [-0.05, 0) is 41.8 Å². The van der Waals surface area contributed by atoms with Crippen molar-refractivity contribution in [2.24, 2.45) is 0 Å². The van der Waals surface area contributed by atoms with Gasteiger partial charge in [-0.2, -0.15) is 0 Å². The number of hydrogen-bond donors (Lipinski definition) is 0. The Hall–Kier alpha value is -1.80. The standard InChI is InChI=1S/C24H26NPS2/c1-3-25(4-2)24(27)28-20-26(21-14-8-5-9-15-21,22-16-10-6-11-17-22)23-18-12-7-13-19-23/h5-20H,3-4H2,1-2H3. The molecule has 0 spiro atoms. The van der Waals surface area contributed by atoms with Gasteiger partial charge in [0.05, 0.1) is 0 Å². The third-order valence-corrected chi connectivity index (χ3v) is 10.9. The highest BCUT2D eigenvalue weighted by Crippen LogP contribution is 2.45. The minimum absolute atomic E-state index is 0.934. The third kappa shape index (κ3) is 4.43. The second-order valence-corrected chi connectivity index (χ2v) is 11.5. The summed E-state index contributed by atoms with van der Waals surface area (Å²) in [4.78, 5) is 2.24. The van der Waals surface area contributed by atoms with Crippen LogP contribution in [0.2, 0.25) is 0 Å². The van der Waals surface area contributed by atoms with Crippen molar-refractivity contribution in [2.75, 3.05) is 13.1 Å². The van der Waals surface area contributed by atoms with Gasteiger partial charge in [-0.15, -0.1) is 0 Å². The van der Waals surface area contributed by atoms with Gasteiger partial charge in [0, 0.05) is 13.1 Å². The molecule has 0 bridgehead atoms. The summed E-state index contributed by atoms with van der Waals surface area (Å²) in [5.74, 6) is 0. The lowest BCUT2D eigenvalue weighted by molar-refractivity contribution is 0.482. The predicted molar refractivity (Wildman–Crippen MR) is 134 cm³/mol. The molecule has 0 fully saturated rings. The summed E-state index contributed by atoms with van der Waals surface area (Å²) in [6, 6.07) is 32.6. The lowest BCUT2D eigenvalue weighted by Gasteiger charge is -2.29. The first-order valence-electron chi connectivity index (χ1n) is 9.58. The number of thioether (sulfide) groups is 1. The van der Waals surface area contributed by atoms with E-state index < -0.39 is 6.89 Å². The minimum Gasteiger partial charge on any atom is -0.358 e. The number of nitrogens with zero attached hydrogens (tertiary/aromatic N) is 1. The van der Waals surface area contributed by atoms with Crippen molar-refractivity contribution in [1.29, 1.82) is 0 Å². The van der Waals surface area contributed by atoms with Crippen LogP contribution in [-0.4, -0.2) is 27.4 Å². The zero-order chi connectivity index (χ0) is 19.8. The molecule has 0 radical (unpaired) electrons. The molecule has 3 rings (SSSR count). The Morgan fingerprint density at radius 2 is 1.11 bits per heavy atom. The summed E-state index contributed by atoms with van der Waals surface area (Å²) in [7, 11) is 0. The number of rotatable bonds is 6. The zero-order valence-electron chi connectivity index (χ0n) is 16.4. The van der Waals surface area contributed by atoms with E-state index in [2.05, 4.69) is 115 Å². The normalized spacial score (nSPS) is 11.1. The molecule has 3 aromatic carbocycles. The first kappa shape index (κ1) is 20.9. The highest BCUT2D eigenvalue weighted by Gasteiger charge is 2.25. The van der Waals surface area contributed by atoms with E-state index in [4.69, 9.17) is 12.2 Å². The van der Waals surface area contributed by atoms with Crippen LogP contribution in [0.1, 0.15) is 13.8 Å². The van der Waals surface area contributed by atoms with Crippen LogP contribution in [-0.2, 0) is 0 Å². The van der Waals surface area contributed by atoms with Crippen molar-refractivity contribution in [3.8, 4) is 0 Å². The molecule has 0 saturated carbocycles. The summed E-state index contributed by atoms with van der Waals surface area (Å²) in [6.45, 7) is 4.24. The van der Waals surface area contributed by atoms with Crippen LogP contribution in [0.25, 0.3) is 0 Å². The molecule has 0 atom stereocenters. The van der Waals surface area contributed by atoms with Crippen molar-refractivity contribution in [3.63, 3.8) is 0 Å². The maximum absolute atomic E-state index is 5.77. The van der Waals surface area contributed by atoms with Crippen molar-refractivity contribution in [3.05, 3.63) is 91.0 Å². The van der Waals surface area contributed by atoms with Gasteiger partial charge in [-0.3, -0.25) is 0 Å². The van der Waals surface area contributed by atoms with E-state index in [1.165, 1.54) is 15.9 Å². The van der Waals surface area contributed by atoms with E-state index in [0.717, 1.165) is 17.4 Å². The lowest BCUT2D eigenvalue weighted by atomic mass is 10.4. The molecular weight excluding hydrogens is 397 g/mol. The van der Waals surface area contributed by atoms with Gasteiger partial charge in [-0.1, -0.05) is 115 Å². The fourth-order valence-electron chi connectivity index (χ4n) is 3.30. The minimum atomic E-state index is -1.94. The summed E-state index contributed by atoms with van der Waals surface area (Å²) >= 11 is 7.47. The van der Waals surface area contributed by atoms with E-state index in [9.17, 15) is 0 Å². The van der Waals surface area contributed by atoms with Gasteiger partial charge >= 0.3 is 0 Å². The predicted octanol–water partition coefficient (Wildman–Crippen LogP) is 5.10. The zero-order valence-corrected chi connectivity index (χ0v) is 18.9. The third-order valence-electron chi connectivity index (χ3n) is 4.82. The molecule has 0 aliphatic rings. The maximum atomic E-state index is 5.77. The van der Waals surface area contributed by atoms with Crippen molar-refractivity contribution in [1.82, 2.24) is 4.90 Å². The molecule has 0 heterocycles. The Morgan fingerprint density at radius 3 is 1.43 bits per heavy atom. The van der Waals surface area contributed by atoms with E-state index >= 15 is 0 Å². The quantitative estimate of drug-likeness (QED) is 0.401.